The molecule has 0 aliphatic heterocycles. The zero-order valence-electron chi connectivity index (χ0n) is 11.6. The lowest BCUT2D eigenvalue weighted by molar-refractivity contribution is 0.0822. The van der Waals surface area contributed by atoms with E-state index in [1.54, 1.807) is 26.4 Å². The van der Waals surface area contributed by atoms with Gasteiger partial charge in [-0.15, -0.1) is 6.58 Å². The Morgan fingerprint density at radius 2 is 2.32 bits per heavy atom. The molecule has 1 rings (SSSR count). The molecule has 5 heteroatoms. The van der Waals surface area contributed by atoms with E-state index in [4.69, 9.17) is 4.74 Å². The molecule has 1 aromatic heterocycles. The lowest BCUT2D eigenvalue weighted by atomic mass is 10.3. The standard InChI is InChI=1S/C14H21N3O2/c1-4-5-9-19-10-8-15-12-6-7-16-13(11-12)14(18)17(2)3/h4,6-7,11H,1,5,8-10H2,2-3H3,(H,15,16). The summed E-state index contributed by atoms with van der Waals surface area (Å²) in [6.07, 6.45) is 4.31. The van der Waals surface area contributed by atoms with Crippen molar-refractivity contribution < 1.29 is 9.53 Å². The number of hydrogen-bond acceptors (Lipinski definition) is 4. The number of nitrogens with zero attached hydrogens (tertiary/aromatic N) is 2. The fourth-order valence-electron chi connectivity index (χ4n) is 1.42. The Morgan fingerprint density at radius 1 is 1.53 bits per heavy atom. The van der Waals surface area contributed by atoms with Crippen molar-refractivity contribution in [3.8, 4) is 0 Å². The van der Waals surface area contributed by atoms with Gasteiger partial charge in [0.15, 0.2) is 0 Å². The van der Waals surface area contributed by atoms with Crippen molar-refractivity contribution in [3.05, 3.63) is 36.7 Å². The van der Waals surface area contributed by atoms with Gasteiger partial charge in [0.1, 0.15) is 5.69 Å². The molecule has 104 valence electrons. The molecular weight excluding hydrogens is 242 g/mol. The number of anilines is 1. The van der Waals surface area contributed by atoms with Crippen molar-refractivity contribution in [2.45, 2.75) is 6.42 Å². The Morgan fingerprint density at radius 3 is 3.00 bits per heavy atom. The molecule has 0 unspecified atom stereocenters. The number of aromatic nitrogens is 1. The van der Waals surface area contributed by atoms with E-state index in [0.29, 0.717) is 25.5 Å². The number of rotatable bonds is 8. The first kappa shape index (κ1) is 15.2. The average Bonchev–Trinajstić information content (AvgIpc) is 2.42. The molecule has 1 aromatic rings. The van der Waals surface area contributed by atoms with Crippen LogP contribution in [0.2, 0.25) is 0 Å². The number of nitrogens with one attached hydrogen (secondary N) is 1. The normalized spacial score (nSPS) is 10.0. The van der Waals surface area contributed by atoms with Crippen molar-refractivity contribution in [2.75, 3.05) is 39.2 Å². The highest BCUT2D eigenvalue weighted by Gasteiger charge is 2.09. The highest BCUT2D eigenvalue weighted by atomic mass is 16.5. The van der Waals surface area contributed by atoms with Crippen LogP contribution >= 0.6 is 0 Å². The molecule has 0 spiro atoms. The Labute approximate surface area is 114 Å². The maximum absolute atomic E-state index is 11.7. The summed E-state index contributed by atoms with van der Waals surface area (Å²) in [5.41, 5.74) is 1.30. The summed E-state index contributed by atoms with van der Waals surface area (Å²) >= 11 is 0. The van der Waals surface area contributed by atoms with Crippen LogP contribution < -0.4 is 5.32 Å². The van der Waals surface area contributed by atoms with E-state index in [2.05, 4.69) is 16.9 Å². The van der Waals surface area contributed by atoms with E-state index in [-0.39, 0.29) is 5.91 Å². The predicted octanol–water partition coefficient (Wildman–Crippen LogP) is 1.79. The molecule has 1 heterocycles. The molecule has 0 aliphatic carbocycles. The SMILES string of the molecule is C=CCCOCCNc1ccnc(C(=O)N(C)C)c1. The molecule has 0 fully saturated rings. The summed E-state index contributed by atoms with van der Waals surface area (Å²) in [7, 11) is 3.41. The van der Waals surface area contributed by atoms with Crippen molar-refractivity contribution >= 4 is 11.6 Å². The zero-order chi connectivity index (χ0) is 14.1. The van der Waals surface area contributed by atoms with Gasteiger partial charge in [-0.1, -0.05) is 6.08 Å². The molecule has 0 saturated carbocycles. The molecule has 1 N–H and O–H groups in total. The van der Waals surface area contributed by atoms with Crippen LogP contribution in [0.3, 0.4) is 0 Å². The van der Waals surface area contributed by atoms with E-state index in [0.717, 1.165) is 12.1 Å². The van der Waals surface area contributed by atoms with Gasteiger partial charge in [-0.3, -0.25) is 9.78 Å². The largest absolute Gasteiger partial charge is 0.383 e. The summed E-state index contributed by atoms with van der Waals surface area (Å²) in [4.78, 5) is 17.3. The first-order valence-corrected chi connectivity index (χ1v) is 6.25. The summed E-state index contributed by atoms with van der Waals surface area (Å²) in [5, 5.41) is 3.19. The van der Waals surface area contributed by atoms with Gasteiger partial charge < -0.3 is 15.0 Å². The minimum Gasteiger partial charge on any atom is -0.383 e. The van der Waals surface area contributed by atoms with E-state index < -0.39 is 0 Å². The van der Waals surface area contributed by atoms with Crippen molar-refractivity contribution in [1.82, 2.24) is 9.88 Å². The van der Waals surface area contributed by atoms with Crippen LogP contribution in [0.1, 0.15) is 16.9 Å². The van der Waals surface area contributed by atoms with Gasteiger partial charge in [-0.05, 0) is 18.6 Å². The Kier molecular flexibility index (Phi) is 6.60. The minimum atomic E-state index is -0.106. The minimum absolute atomic E-state index is 0.106. The molecule has 19 heavy (non-hydrogen) atoms. The molecule has 0 aliphatic rings. The Bertz CT molecular complexity index is 419. The summed E-state index contributed by atoms with van der Waals surface area (Å²) in [6, 6.07) is 3.57. The van der Waals surface area contributed by atoms with E-state index >= 15 is 0 Å². The molecule has 0 bridgehead atoms. The average molecular weight is 263 g/mol. The number of hydrogen-bond donors (Lipinski definition) is 1. The fourth-order valence-corrected chi connectivity index (χ4v) is 1.42. The molecule has 5 nitrogen and oxygen atoms in total. The highest BCUT2D eigenvalue weighted by Crippen LogP contribution is 2.08. The second-order valence-electron chi connectivity index (χ2n) is 4.25. The third-order valence-electron chi connectivity index (χ3n) is 2.43. The Balaban J connectivity index is 2.40. The Hall–Kier alpha value is -1.88. The molecule has 1 amide bonds. The van der Waals surface area contributed by atoms with Gasteiger partial charge in [0.05, 0.1) is 13.2 Å². The summed E-state index contributed by atoms with van der Waals surface area (Å²) in [5.74, 6) is -0.106. The number of carbonyl (C=O) groups excluding carboxylic acids is 1. The topological polar surface area (TPSA) is 54.5 Å². The smallest absolute Gasteiger partial charge is 0.272 e. The van der Waals surface area contributed by atoms with Crippen molar-refractivity contribution in [2.24, 2.45) is 0 Å². The van der Waals surface area contributed by atoms with Crippen LogP contribution in [0, 0.1) is 0 Å². The van der Waals surface area contributed by atoms with Gasteiger partial charge in [-0.2, -0.15) is 0 Å². The van der Waals surface area contributed by atoms with Crippen LogP contribution in [0.4, 0.5) is 5.69 Å². The predicted molar refractivity (Wildman–Crippen MR) is 76.4 cm³/mol. The molecule has 0 aromatic carbocycles. The van der Waals surface area contributed by atoms with Gasteiger partial charge in [0, 0.05) is 32.5 Å². The first-order chi connectivity index (χ1) is 9.15. The molecular formula is C14H21N3O2. The third-order valence-corrected chi connectivity index (χ3v) is 2.43. The number of pyridine rings is 1. The van der Waals surface area contributed by atoms with E-state index in [1.165, 1.54) is 4.90 Å². The number of ether oxygens (including phenoxy) is 1. The third kappa shape index (κ3) is 5.52. The quantitative estimate of drug-likeness (QED) is 0.574. The lowest BCUT2D eigenvalue weighted by Crippen LogP contribution is -2.22. The second-order valence-corrected chi connectivity index (χ2v) is 4.25. The van der Waals surface area contributed by atoms with Gasteiger partial charge in [-0.25, -0.2) is 0 Å². The number of carbonyl (C=O) groups is 1. The maximum atomic E-state index is 11.7. The van der Waals surface area contributed by atoms with E-state index in [1.807, 2.05) is 12.1 Å². The van der Waals surface area contributed by atoms with Crippen LogP contribution in [-0.2, 0) is 4.74 Å². The lowest BCUT2D eigenvalue weighted by Gasteiger charge is -2.11. The van der Waals surface area contributed by atoms with E-state index in [9.17, 15) is 4.79 Å². The molecule has 0 saturated heterocycles. The maximum Gasteiger partial charge on any atom is 0.272 e. The van der Waals surface area contributed by atoms with Crippen LogP contribution in [0.15, 0.2) is 31.0 Å². The van der Waals surface area contributed by atoms with Crippen LogP contribution in [-0.4, -0.2) is 49.6 Å². The first-order valence-electron chi connectivity index (χ1n) is 6.25. The monoisotopic (exact) mass is 263 g/mol. The zero-order valence-corrected chi connectivity index (χ0v) is 11.6. The summed E-state index contributed by atoms with van der Waals surface area (Å²) < 4.78 is 5.39. The van der Waals surface area contributed by atoms with Crippen molar-refractivity contribution in [3.63, 3.8) is 0 Å². The van der Waals surface area contributed by atoms with Crippen LogP contribution in [0.25, 0.3) is 0 Å². The number of amides is 1. The highest BCUT2D eigenvalue weighted by molar-refractivity contribution is 5.92. The van der Waals surface area contributed by atoms with Crippen molar-refractivity contribution in [1.29, 1.82) is 0 Å². The second kappa shape index (κ2) is 8.26. The van der Waals surface area contributed by atoms with Gasteiger partial charge in [0.25, 0.3) is 5.91 Å². The van der Waals surface area contributed by atoms with Crippen LogP contribution in [0.5, 0.6) is 0 Å². The van der Waals surface area contributed by atoms with Gasteiger partial charge in [0.2, 0.25) is 0 Å². The fraction of sp³-hybridized carbons (Fsp3) is 0.429. The molecule has 0 radical (unpaired) electrons. The van der Waals surface area contributed by atoms with Gasteiger partial charge >= 0.3 is 0 Å². The molecule has 0 atom stereocenters. The summed E-state index contributed by atoms with van der Waals surface area (Å²) in [6.45, 7) is 5.62.